The Morgan fingerprint density at radius 3 is 2.27 bits per heavy atom. The average molecular weight is 600 g/mol. The number of aromatic nitrogens is 2. The van der Waals surface area contributed by atoms with E-state index in [1.165, 1.54) is 4.90 Å². The van der Waals surface area contributed by atoms with Gasteiger partial charge in [0.15, 0.2) is 12.0 Å². The normalized spacial score (nSPS) is 19.0. The zero-order valence-electron chi connectivity index (χ0n) is 21.9. The molecule has 1 unspecified atom stereocenters. The van der Waals surface area contributed by atoms with Crippen molar-refractivity contribution in [2.45, 2.75) is 31.2 Å². The number of anilines is 2. The quantitative estimate of drug-likeness (QED) is 0.237. The number of hydrogen-bond donors (Lipinski definition) is 0. The maximum atomic E-state index is 13.8. The summed E-state index contributed by atoms with van der Waals surface area (Å²) in [6.45, 7) is 1.54. The topological polar surface area (TPSA) is 44.6 Å². The van der Waals surface area contributed by atoms with Gasteiger partial charge in [-0.05, 0) is 42.7 Å². The van der Waals surface area contributed by atoms with Crippen molar-refractivity contribution in [3.05, 3.63) is 64.9 Å². The Hall–Kier alpha value is -3.25. The van der Waals surface area contributed by atoms with E-state index in [4.69, 9.17) is 11.6 Å². The third kappa shape index (κ3) is 6.64. The number of nitrogens with zero attached hydrogens (tertiary/aromatic N) is 5. The predicted octanol–water partition coefficient (Wildman–Crippen LogP) is 6.56. The summed E-state index contributed by atoms with van der Waals surface area (Å²) in [6.07, 6.45) is -6.72. The molecule has 3 aromatic rings. The average Bonchev–Trinajstić information content (AvgIpc) is 3.38. The summed E-state index contributed by atoms with van der Waals surface area (Å²) in [4.78, 5) is 16.7. The van der Waals surface area contributed by atoms with Crippen LogP contribution in [0.3, 0.4) is 0 Å². The third-order valence-electron chi connectivity index (χ3n) is 7.58. The number of hydrogen-bond acceptors (Lipinski definition) is 5. The first kappa shape index (κ1) is 29.2. The fourth-order valence-corrected chi connectivity index (χ4v) is 5.85. The molecule has 0 N–H and O–H groups in total. The van der Waals surface area contributed by atoms with Gasteiger partial charge in [-0.2, -0.15) is 31.4 Å². The van der Waals surface area contributed by atoms with Crippen molar-refractivity contribution in [1.29, 1.82) is 0 Å². The minimum absolute atomic E-state index is 0.175. The van der Waals surface area contributed by atoms with Gasteiger partial charge < -0.3 is 9.80 Å². The number of alkyl halides is 6. The molecule has 0 amide bonds. The smallest absolute Gasteiger partial charge is 0.369 e. The SMILES string of the molecule is O=Cc1cnn(C2CCCN(c3cc(Cl)ccc3-c3ccc(N4CCN(CC(F)(F)F)CC4)cc3)C2)c1C(F)(F)F. The highest BCUT2D eigenvalue weighted by Gasteiger charge is 2.40. The lowest BCUT2D eigenvalue weighted by atomic mass is 9.99. The molecule has 3 heterocycles. The molecule has 1 atom stereocenters. The van der Waals surface area contributed by atoms with Crippen LogP contribution in [-0.4, -0.2) is 73.0 Å². The Morgan fingerprint density at radius 2 is 1.63 bits per heavy atom. The molecule has 1 aromatic heterocycles. The van der Waals surface area contributed by atoms with Crippen LogP contribution in [0.25, 0.3) is 11.1 Å². The second kappa shape index (κ2) is 11.6. The van der Waals surface area contributed by atoms with Crippen LogP contribution >= 0.6 is 11.6 Å². The molecule has 13 heteroatoms. The van der Waals surface area contributed by atoms with Gasteiger partial charge in [0.25, 0.3) is 0 Å². The standard InChI is InChI=1S/C28H28ClF6N5O/c29-21-5-8-24(19-3-6-22(7-4-19)38-12-10-37(11-13-38)18-27(30,31)32)25(14-21)39-9-1-2-23(16-39)40-26(28(33,34)35)20(17-41)15-36-40/h3-8,14-15,17,23H,1-2,9-13,16,18H2. The molecule has 0 aliphatic carbocycles. The summed E-state index contributed by atoms with van der Waals surface area (Å²) >= 11 is 6.35. The number of rotatable bonds is 6. The molecule has 0 radical (unpaired) electrons. The summed E-state index contributed by atoms with van der Waals surface area (Å²) < 4.78 is 80.4. The van der Waals surface area contributed by atoms with Gasteiger partial charge in [-0.3, -0.25) is 14.4 Å². The number of benzene rings is 2. The summed E-state index contributed by atoms with van der Waals surface area (Å²) in [5, 5.41) is 4.41. The fraction of sp³-hybridized carbons (Fsp3) is 0.429. The van der Waals surface area contributed by atoms with E-state index in [1.807, 2.05) is 40.1 Å². The monoisotopic (exact) mass is 599 g/mol. The molecule has 2 fully saturated rings. The summed E-state index contributed by atoms with van der Waals surface area (Å²) in [7, 11) is 0. The molecular formula is C28H28ClF6N5O. The molecule has 0 spiro atoms. The van der Waals surface area contributed by atoms with Gasteiger partial charge in [-0.15, -0.1) is 0 Å². The highest BCUT2D eigenvalue weighted by molar-refractivity contribution is 6.31. The van der Waals surface area contributed by atoms with Crippen LogP contribution in [0.2, 0.25) is 5.02 Å². The Bertz CT molecular complexity index is 1370. The summed E-state index contributed by atoms with van der Waals surface area (Å²) in [5.41, 5.74) is 1.86. The van der Waals surface area contributed by atoms with E-state index < -0.39 is 36.2 Å². The molecule has 41 heavy (non-hydrogen) atoms. The minimum Gasteiger partial charge on any atom is -0.369 e. The van der Waals surface area contributed by atoms with Crippen LogP contribution in [0.15, 0.2) is 48.7 Å². The number of halogens is 7. The number of carbonyl (C=O) groups is 1. The van der Waals surface area contributed by atoms with Crippen molar-refractivity contribution < 1.29 is 31.1 Å². The first-order valence-electron chi connectivity index (χ1n) is 13.2. The van der Waals surface area contributed by atoms with Gasteiger partial charge >= 0.3 is 12.4 Å². The molecule has 2 aliphatic rings. The van der Waals surface area contributed by atoms with Crippen molar-refractivity contribution in [3.8, 4) is 11.1 Å². The maximum Gasteiger partial charge on any atom is 0.433 e. The van der Waals surface area contributed by atoms with E-state index in [1.54, 1.807) is 12.1 Å². The van der Waals surface area contributed by atoms with Crippen molar-refractivity contribution in [2.75, 3.05) is 55.6 Å². The van der Waals surface area contributed by atoms with Crippen molar-refractivity contribution in [2.24, 2.45) is 0 Å². The number of carbonyl (C=O) groups excluding carboxylic acids is 1. The predicted molar refractivity (Wildman–Crippen MR) is 145 cm³/mol. The Kier molecular flexibility index (Phi) is 8.24. The molecule has 6 nitrogen and oxygen atoms in total. The van der Waals surface area contributed by atoms with Crippen LogP contribution in [0.1, 0.15) is 34.9 Å². The van der Waals surface area contributed by atoms with Crippen LogP contribution in [-0.2, 0) is 6.18 Å². The second-order valence-electron chi connectivity index (χ2n) is 10.3. The van der Waals surface area contributed by atoms with Gasteiger partial charge in [0, 0.05) is 61.2 Å². The summed E-state index contributed by atoms with van der Waals surface area (Å²) in [6, 6.07) is 12.5. The minimum atomic E-state index is -4.72. The van der Waals surface area contributed by atoms with Crippen LogP contribution in [0.5, 0.6) is 0 Å². The van der Waals surface area contributed by atoms with Crippen molar-refractivity contribution >= 4 is 29.3 Å². The highest BCUT2D eigenvalue weighted by Crippen LogP contribution is 2.39. The van der Waals surface area contributed by atoms with Gasteiger partial charge in [-0.25, -0.2) is 0 Å². The Balaban J connectivity index is 1.35. The van der Waals surface area contributed by atoms with E-state index in [9.17, 15) is 31.1 Å². The largest absolute Gasteiger partial charge is 0.433 e. The first-order valence-corrected chi connectivity index (χ1v) is 13.6. The maximum absolute atomic E-state index is 13.8. The number of aldehydes is 1. The van der Waals surface area contributed by atoms with E-state index >= 15 is 0 Å². The highest BCUT2D eigenvalue weighted by atomic mass is 35.5. The van der Waals surface area contributed by atoms with Crippen molar-refractivity contribution in [3.63, 3.8) is 0 Å². The third-order valence-corrected chi connectivity index (χ3v) is 7.82. The molecule has 2 aliphatic heterocycles. The van der Waals surface area contributed by atoms with Gasteiger partial charge in [0.05, 0.1) is 24.3 Å². The van der Waals surface area contributed by atoms with Crippen LogP contribution in [0.4, 0.5) is 37.7 Å². The Morgan fingerprint density at radius 1 is 0.927 bits per heavy atom. The first-order chi connectivity index (χ1) is 19.4. The zero-order valence-corrected chi connectivity index (χ0v) is 22.7. The lowest BCUT2D eigenvalue weighted by Crippen LogP contribution is -2.49. The van der Waals surface area contributed by atoms with Crippen molar-refractivity contribution in [1.82, 2.24) is 14.7 Å². The molecule has 2 aromatic carbocycles. The van der Waals surface area contributed by atoms with E-state index in [0.717, 1.165) is 33.4 Å². The number of piperidine rings is 1. The van der Waals surface area contributed by atoms with E-state index in [0.29, 0.717) is 50.6 Å². The molecule has 2 saturated heterocycles. The van der Waals surface area contributed by atoms with Crippen LogP contribution < -0.4 is 9.80 Å². The van der Waals surface area contributed by atoms with Gasteiger partial charge in [0.2, 0.25) is 0 Å². The lowest BCUT2D eigenvalue weighted by Gasteiger charge is -2.37. The lowest BCUT2D eigenvalue weighted by molar-refractivity contribution is -0.146. The van der Waals surface area contributed by atoms with Crippen LogP contribution in [0, 0.1) is 0 Å². The number of piperazine rings is 1. The van der Waals surface area contributed by atoms with E-state index in [2.05, 4.69) is 5.10 Å². The van der Waals surface area contributed by atoms with E-state index in [-0.39, 0.29) is 12.8 Å². The molecule has 5 rings (SSSR count). The molecule has 220 valence electrons. The fourth-order valence-electron chi connectivity index (χ4n) is 5.69. The second-order valence-corrected chi connectivity index (χ2v) is 10.8. The Labute approximate surface area is 238 Å². The zero-order chi connectivity index (χ0) is 29.4. The van der Waals surface area contributed by atoms with Gasteiger partial charge in [0.1, 0.15) is 0 Å². The molecule has 0 bridgehead atoms. The summed E-state index contributed by atoms with van der Waals surface area (Å²) in [5.74, 6) is 0. The molecular weight excluding hydrogens is 572 g/mol. The molecule has 0 saturated carbocycles. The van der Waals surface area contributed by atoms with Gasteiger partial charge in [-0.1, -0.05) is 29.8 Å².